The van der Waals surface area contributed by atoms with E-state index in [2.05, 4.69) is 16.3 Å². The van der Waals surface area contributed by atoms with Gasteiger partial charge < -0.3 is 0 Å². The van der Waals surface area contributed by atoms with Crippen LogP contribution in [0.15, 0.2) is 24.7 Å². The normalized spacial score (nSPS) is 17.5. The van der Waals surface area contributed by atoms with Crippen molar-refractivity contribution in [2.45, 2.75) is 25.2 Å². The maximum absolute atomic E-state index is 4.34. The van der Waals surface area contributed by atoms with Crippen LogP contribution in [0, 0.1) is 0 Å². The Morgan fingerprint density at radius 2 is 2.31 bits per heavy atom. The minimum Gasteiger partial charge on any atom is -0.237 e. The van der Waals surface area contributed by atoms with E-state index in [-0.39, 0.29) is 0 Å². The van der Waals surface area contributed by atoms with Crippen molar-refractivity contribution in [1.29, 1.82) is 0 Å². The van der Waals surface area contributed by atoms with E-state index in [1.807, 2.05) is 16.8 Å². The molecular formula is C10H11N3. The molecule has 3 rings (SSSR count). The lowest BCUT2D eigenvalue weighted by atomic mass is 9.81. The first-order chi connectivity index (χ1) is 6.43. The standard InChI is InChI=1S/C10H11N3/c1-2-8(3-1)9-6-11-10-4-5-12-13(10)7-9/h4-8H,1-3H2. The van der Waals surface area contributed by atoms with Crippen LogP contribution in [0.25, 0.3) is 5.65 Å². The number of hydrogen-bond donors (Lipinski definition) is 0. The zero-order valence-corrected chi connectivity index (χ0v) is 7.35. The average molecular weight is 173 g/mol. The van der Waals surface area contributed by atoms with E-state index in [1.54, 1.807) is 6.20 Å². The number of nitrogens with zero attached hydrogens (tertiary/aromatic N) is 3. The SMILES string of the molecule is c1cc2ncc(C3CCC3)cn2n1. The Labute approximate surface area is 76.4 Å². The maximum Gasteiger partial charge on any atom is 0.154 e. The molecule has 1 fully saturated rings. The first kappa shape index (κ1) is 7.06. The van der Waals surface area contributed by atoms with Crippen LogP contribution in [0.2, 0.25) is 0 Å². The second-order valence-electron chi connectivity index (χ2n) is 3.65. The molecule has 0 unspecified atom stereocenters. The second-order valence-corrected chi connectivity index (χ2v) is 3.65. The van der Waals surface area contributed by atoms with Crippen LogP contribution in [0.5, 0.6) is 0 Å². The fourth-order valence-corrected chi connectivity index (χ4v) is 1.78. The van der Waals surface area contributed by atoms with Crippen LogP contribution in [-0.2, 0) is 0 Å². The number of aromatic nitrogens is 3. The molecule has 0 spiro atoms. The molecule has 1 aliphatic carbocycles. The molecule has 0 N–H and O–H groups in total. The largest absolute Gasteiger partial charge is 0.237 e. The number of fused-ring (bicyclic) bond motifs is 1. The smallest absolute Gasteiger partial charge is 0.154 e. The summed E-state index contributed by atoms with van der Waals surface area (Å²) in [4.78, 5) is 4.34. The van der Waals surface area contributed by atoms with Crippen LogP contribution < -0.4 is 0 Å². The van der Waals surface area contributed by atoms with E-state index in [1.165, 1.54) is 24.8 Å². The molecule has 2 aromatic rings. The maximum atomic E-state index is 4.34. The van der Waals surface area contributed by atoms with Gasteiger partial charge in [0.15, 0.2) is 5.65 Å². The van der Waals surface area contributed by atoms with E-state index in [9.17, 15) is 0 Å². The third-order valence-electron chi connectivity index (χ3n) is 2.84. The molecule has 0 bridgehead atoms. The van der Waals surface area contributed by atoms with Gasteiger partial charge in [0.1, 0.15) is 0 Å². The Hall–Kier alpha value is -1.38. The summed E-state index contributed by atoms with van der Waals surface area (Å²) in [6.07, 6.45) is 9.87. The quantitative estimate of drug-likeness (QED) is 0.660. The van der Waals surface area contributed by atoms with Gasteiger partial charge in [-0.15, -0.1) is 0 Å². The van der Waals surface area contributed by atoms with Crippen molar-refractivity contribution < 1.29 is 0 Å². The van der Waals surface area contributed by atoms with Crippen molar-refractivity contribution in [2.75, 3.05) is 0 Å². The zero-order valence-electron chi connectivity index (χ0n) is 7.35. The third-order valence-corrected chi connectivity index (χ3v) is 2.84. The van der Waals surface area contributed by atoms with Crippen molar-refractivity contribution in [3.05, 3.63) is 30.2 Å². The molecule has 2 aromatic heterocycles. The average Bonchev–Trinajstić information content (AvgIpc) is 2.47. The third kappa shape index (κ3) is 1.03. The van der Waals surface area contributed by atoms with Crippen molar-refractivity contribution in [3.8, 4) is 0 Å². The van der Waals surface area contributed by atoms with Crippen molar-refractivity contribution in [2.24, 2.45) is 0 Å². The van der Waals surface area contributed by atoms with Crippen molar-refractivity contribution in [3.63, 3.8) is 0 Å². The monoisotopic (exact) mass is 173 g/mol. The summed E-state index contributed by atoms with van der Waals surface area (Å²) in [6, 6.07) is 1.92. The van der Waals surface area contributed by atoms with Crippen LogP contribution in [0.1, 0.15) is 30.7 Å². The summed E-state index contributed by atoms with van der Waals surface area (Å²) in [6.45, 7) is 0. The lowest BCUT2D eigenvalue weighted by Gasteiger charge is -2.25. The van der Waals surface area contributed by atoms with Crippen molar-refractivity contribution in [1.82, 2.24) is 14.6 Å². The van der Waals surface area contributed by atoms with Crippen LogP contribution in [0.3, 0.4) is 0 Å². The lowest BCUT2D eigenvalue weighted by Crippen LogP contribution is -2.10. The highest BCUT2D eigenvalue weighted by atomic mass is 15.2. The Morgan fingerprint density at radius 1 is 1.38 bits per heavy atom. The van der Waals surface area contributed by atoms with Gasteiger partial charge in [-0.2, -0.15) is 5.10 Å². The van der Waals surface area contributed by atoms with Gasteiger partial charge in [-0.25, -0.2) is 9.50 Å². The summed E-state index contributed by atoms with van der Waals surface area (Å²) >= 11 is 0. The van der Waals surface area contributed by atoms with Crippen LogP contribution in [0.4, 0.5) is 0 Å². The molecule has 2 heterocycles. The van der Waals surface area contributed by atoms with E-state index in [4.69, 9.17) is 0 Å². The van der Waals surface area contributed by atoms with Crippen LogP contribution in [-0.4, -0.2) is 14.6 Å². The fraction of sp³-hybridized carbons (Fsp3) is 0.400. The van der Waals surface area contributed by atoms with Gasteiger partial charge in [0.25, 0.3) is 0 Å². The Bertz CT molecular complexity index is 428. The predicted octanol–water partition coefficient (Wildman–Crippen LogP) is 2.00. The topological polar surface area (TPSA) is 30.2 Å². The highest BCUT2D eigenvalue weighted by molar-refractivity contribution is 5.36. The number of rotatable bonds is 1. The molecule has 0 aromatic carbocycles. The molecule has 0 amide bonds. The van der Waals surface area contributed by atoms with Crippen molar-refractivity contribution >= 4 is 5.65 Å². The Kier molecular flexibility index (Phi) is 1.39. The molecule has 1 aliphatic rings. The van der Waals surface area contributed by atoms with E-state index >= 15 is 0 Å². The van der Waals surface area contributed by atoms with Gasteiger partial charge in [-0.3, -0.25) is 0 Å². The zero-order chi connectivity index (χ0) is 8.67. The second kappa shape index (κ2) is 2.55. The summed E-state index contributed by atoms with van der Waals surface area (Å²) in [5.74, 6) is 0.737. The molecule has 66 valence electrons. The first-order valence-electron chi connectivity index (χ1n) is 4.73. The van der Waals surface area contributed by atoms with Gasteiger partial charge in [-0.1, -0.05) is 6.42 Å². The van der Waals surface area contributed by atoms with E-state index < -0.39 is 0 Å². The summed E-state index contributed by atoms with van der Waals surface area (Å²) in [5.41, 5.74) is 2.27. The first-order valence-corrected chi connectivity index (χ1v) is 4.73. The molecule has 0 radical (unpaired) electrons. The molecule has 13 heavy (non-hydrogen) atoms. The summed E-state index contributed by atoms with van der Waals surface area (Å²) in [5, 5.41) is 4.17. The van der Waals surface area contributed by atoms with Gasteiger partial charge in [-0.05, 0) is 24.3 Å². The highest BCUT2D eigenvalue weighted by Gasteiger charge is 2.20. The minimum atomic E-state index is 0.737. The molecule has 3 heteroatoms. The van der Waals surface area contributed by atoms with Crippen LogP contribution >= 0.6 is 0 Å². The predicted molar refractivity (Wildman–Crippen MR) is 49.6 cm³/mol. The lowest BCUT2D eigenvalue weighted by molar-refractivity contribution is 0.417. The van der Waals surface area contributed by atoms with Gasteiger partial charge >= 0.3 is 0 Å². The molecule has 0 saturated heterocycles. The Balaban J connectivity index is 2.09. The highest BCUT2D eigenvalue weighted by Crippen LogP contribution is 2.35. The molecule has 0 aliphatic heterocycles. The molecule has 3 nitrogen and oxygen atoms in total. The van der Waals surface area contributed by atoms with E-state index in [0.29, 0.717) is 0 Å². The molecule has 0 atom stereocenters. The van der Waals surface area contributed by atoms with Gasteiger partial charge in [0.05, 0.1) is 6.20 Å². The minimum absolute atomic E-state index is 0.737. The summed E-state index contributed by atoms with van der Waals surface area (Å²) in [7, 11) is 0. The molecular weight excluding hydrogens is 162 g/mol. The molecule has 1 saturated carbocycles. The number of hydrogen-bond acceptors (Lipinski definition) is 2. The van der Waals surface area contributed by atoms with Gasteiger partial charge in [0.2, 0.25) is 0 Å². The fourth-order valence-electron chi connectivity index (χ4n) is 1.78. The summed E-state index contributed by atoms with van der Waals surface area (Å²) < 4.78 is 1.85. The Morgan fingerprint density at radius 3 is 3.08 bits per heavy atom. The van der Waals surface area contributed by atoms with Gasteiger partial charge in [0, 0.05) is 18.5 Å². The van der Waals surface area contributed by atoms with E-state index in [0.717, 1.165) is 11.6 Å².